The lowest BCUT2D eigenvalue weighted by Gasteiger charge is -2.15. The highest BCUT2D eigenvalue weighted by atomic mass is 79.9. The van der Waals surface area contributed by atoms with Crippen LogP contribution in [0.4, 0.5) is 0 Å². The van der Waals surface area contributed by atoms with E-state index in [9.17, 15) is 0 Å². The Hall–Kier alpha value is -0.830. The van der Waals surface area contributed by atoms with Crippen molar-refractivity contribution < 1.29 is 0 Å². The van der Waals surface area contributed by atoms with Crippen LogP contribution in [0.25, 0.3) is 11.0 Å². The zero-order chi connectivity index (χ0) is 11.9. The van der Waals surface area contributed by atoms with Gasteiger partial charge < -0.3 is 4.57 Å². The molecule has 16 heavy (non-hydrogen) atoms. The fourth-order valence-corrected chi connectivity index (χ4v) is 2.28. The highest BCUT2D eigenvalue weighted by Crippen LogP contribution is 2.24. The maximum absolute atomic E-state index is 4.55. The molecule has 2 aromatic rings. The molecule has 0 fully saturated rings. The molecule has 0 atom stereocenters. The Morgan fingerprint density at radius 1 is 1.38 bits per heavy atom. The third kappa shape index (κ3) is 2.29. The minimum absolute atomic E-state index is 0.143. The molecule has 1 heterocycles. The average Bonchev–Trinajstić information content (AvgIpc) is 2.40. The number of alkyl halides is 1. The van der Waals surface area contributed by atoms with Crippen LogP contribution >= 0.6 is 15.9 Å². The Labute approximate surface area is 105 Å². The molecule has 0 aliphatic carbocycles. The Bertz CT molecular complexity index is 520. The van der Waals surface area contributed by atoms with Gasteiger partial charge in [0, 0.05) is 11.4 Å². The Kier molecular flexibility index (Phi) is 2.82. The molecule has 0 bridgehead atoms. The summed E-state index contributed by atoms with van der Waals surface area (Å²) in [5.74, 6) is 1.06. The van der Waals surface area contributed by atoms with Gasteiger partial charge in [0.2, 0.25) is 0 Å². The molecule has 0 saturated heterocycles. The van der Waals surface area contributed by atoms with Crippen molar-refractivity contribution in [2.24, 2.45) is 7.05 Å². The summed E-state index contributed by atoms with van der Waals surface area (Å²) in [6, 6.07) is 6.53. The topological polar surface area (TPSA) is 17.8 Å². The van der Waals surface area contributed by atoms with E-state index < -0.39 is 0 Å². The lowest BCUT2D eigenvalue weighted by molar-refractivity contribution is 0.725. The Morgan fingerprint density at radius 3 is 2.69 bits per heavy atom. The fraction of sp³-hybridized carbons (Fsp3) is 0.462. The van der Waals surface area contributed by atoms with Crippen LogP contribution in [-0.2, 0) is 13.5 Å². The molecule has 2 nitrogen and oxygen atoms in total. The van der Waals surface area contributed by atoms with Crippen molar-refractivity contribution in [2.75, 3.05) is 0 Å². The summed E-state index contributed by atoms with van der Waals surface area (Å²) < 4.78 is 2.27. The minimum atomic E-state index is 0.143. The van der Waals surface area contributed by atoms with Gasteiger partial charge in [0.15, 0.2) is 0 Å². The van der Waals surface area contributed by atoms with Crippen molar-refractivity contribution in [1.29, 1.82) is 0 Å². The smallest absolute Gasteiger partial charge is 0.106 e. The third-order valence-electron chi connectivity index (χ3n) is 2.79. The molecular formula is C13H17BrN2. The van der Waals surface area contributed by atoms with Crippen molar-refractivity contribution in [2.45, 2.75) is 31.5 Å². The number of halogens is 1. The van der Waals surface area contributed by atoms with E-state index in [1.165, 1.54) is 11.1 Å². The highest BCUT2D eigenvalue weighted by molar-refractivity contribution is 9.10. The van der Waals surface area contributed by atoms with Crippen molar-refractivity contribution in [3.05, 3.63) is 29.6 Å². The Balaban J connectivity index is 2.45. The van der Waals surface area contributed by atoms with E-state index in [0.29, 0.717) is 0 Å². The lowest BCUT2D eigenvalue weighted by Crippen LogP contribution is -2.12. The van der Waals surface area contributed by atoms with Crippen LogP contribution in [0.2, 0.25) is 0 Å². The molecule has 0 N–H and O–H groups in total. The second kappa shape index (κ2) is 3.88. The van der Waals surface area contributed by atoms with Crippen LogP contribution in [0.3, 0.4) is 0 Å². The summed E-state index contributed by atoms with van der Waals surface area (Å²) in [4.78, 5) is 4.55. The number of aromatic nitrogens is 2. The van der Waals surface area contributed by atoms with E-state index in [4.69, 9.17) is 0 Å². The van der Waals surface area contributed by atoms with Gasteiger partial charge in [-0.1, -0.05) is 22.0 Å². The molecule has 0 amide bonds. The van der Waals surface area contributed by atoms with Crippen LogP contribution in [0.5, 0.6) is 0 Å². The SMILES string of the molecule is Cc1nc2cc(CC(C)(C)Br)ccc2n1C. The van der Waals surface area contributed by atoms with Crippen LogP contribution in [0, 0.1) is 6.92 Å². The number of nitrogens with zero attached hydrogens (tertiary/aromatic N) is 2. The summed E-state index contributed by atoms with van der Waals surface area (Å²) in [6.07, 6.45) is 1.01. The fourth-order valence-electron chi connectivity index (χ4n) is 1.96. The van der Waals surface area contributed by atoms with Crippen molar-refractivity contribution in [3.8, 4) is 0 Å². The monoisotopic (exact) mass is 280 g/mol. The second-order valence-corrected chi connectivity index (χ2v) is 7.08. The third-order valence-corrected chi connectivity index (χ3v) is 3.07. The van der Waals surface area contributed by atoms with Gasteiger partial charge in [0.05, 0.1) is 11.0 Å². The predicted octanol–water partition coefficient (Wildman–Crippen LogP) is 3.60. The molecule has 2 rings (SSSR count). The summed E-state index contributed by atoms with van der Waals surface area (Å²) in [5, 5.41) is 0. The van der Waals surface area contributed by atoms with E-state index in [1.807, 2.05) is 6.92 Å². The normalized spacial score (nSPS) is 12.3. The van der Waals surface area contributed by atoms with E-state index in [-0.39, 0.29) is 4.32 Å². The van der Waals surface area contributed by atoms with Crippen molar-refractivity contribution >= 4 is 27.0 Å². The number of fused-ring (bicyclic) bond motifs is 1. The van der Waals surface area contributed by atoms with Gasteiger partial charge in [-0.2, -0.15) is 0 Å². The van der Waals surface area contributed by atoms with E-state index in [2.05, 4.69) is 64.6 Å². The molecule has 0 unspecified atom stereocenters. The summed E-state index contributed by atoms with van der Waals surface area (Å²) >= 11 is 3.67. The van der Waals surface area contributed by atoms with Crippen molar-refractivity contribution in [3.63, 3.8) is 0 Å². The van der Waals surface area contributed by atoms with E-state index in [0.717, 1.165) is 17.8 Å². The average molecular weight is 281 g/mol. The van der Waals surface area contributed by atoms with E-state index >= 15 is 0 Å². The van der Waals surface area contributed by atoms with Gasteiger partial charge >= 0.3 is 0 Å². The van der Waals surface area contributed by atoms with Crippen LogP contribution in [0.1, 0.15) is 25.2 Å². The summed E-state index contributed by atoms with van der Waals surface area (Å²) in [7, 11) is 2.05. The van der Waals surface area contributed by atoms with Crippen LogP contribution in [-0.4, -0.2) is 13.9 Å². The molecule has 0 aliphatic heterocycles. The largest absolute Gasteiger partial charge is 0.331 e. The molecule has 86 valence electrons. The summed E-state index contributed by atoms with van der Waals surface area (Å²) in [6.45, 7) is 6.40. The molecule has 1 aromatic carbocycles. The molecule has 1 aromatic heterocycles. The van der Waals surface area contributed by atoms with Crippen molar-refractivity contribution in [1.82, 2.24) is 9.55 Å². The molecule has 3 heteroatoms. The first-order valence-electron chi connectivity index (χ1n) is 5.48. The van der Waals surface area contributed by atoms with Gasteiger partial charge in [-0.3, -0.25) is 0 Å². The van der Waals surface area contributed by atoms with Gasteiger partial charge in [-0.15, -0.1) is 0 Å². The first-order valence-corrected chi connectivity index (χ1v) is 6.27. The quantitative estimate of drug-likeness (QED) is 0.769. The molecule has 0 spiro atoms. The van der Waals surface area contributed by atoms with Gasteiger partial charge in [-0.25, -0.2) is 4.98 Å². The molecule has 0 aliphatic rings. The number of hydrogen-bond acceptors (Lipinski definition) is 1. The molecule has 0 radical (unpaired) electrons. The van der Waals surface area contributed by atoms with E-state index in [1.54, 1.807) is 0 Å². The lowest BCUT2D eigenvalue weighted by atomic mass is 10.0. The molecular weight excluding hydrogens is 264 g/mol. The molecule has 0 saturated carbocycles. The first kappa shape index (κ1) is 11.6. The van der Waals surface area contributed by atoms with Gasteiger partial charge in [-0.05, 0) is 44.9 Å². The Morgan fingerprint density at radius 2 is 2.06 bits per heavy atom. The zero-order valence-corrected chi connectivity index (χ0v) is 11.8. The maximum Gasteiger partial charge on any atom is 0.106 e. The van der Waals surface area contributed by atoms with Gasteiger partial charge in [0.25, 0.3) is 0 Å². The summed E-state index contributed by atoms with van der Waals surface area (Å²) in [5.41, 5.74) is 3.62. The first-order chi connectivity index (χ1) is 7.37. The number of aryl methyl sites for hydroxylation is 2. The predicted molar refractivity (Wildman–Crippen MR) is 72.2 cm³/mol. The maximum atomic E-state index is 4.55. The number of rotatable bonds is 2. The highest BCUT2D eigenvalue weighted by Gasteiger charge is 2.14. The zero-order valence-electron chi connectivity index (χ0n) is 10.2. The number of imidazole rings is 1. The standard InChI is InChI=1S/C13H17BrN2/c1-9-15-11-7-10(8-13(2,3)14)5-6-12(11)16(9)4/h5-7H,8H2,1-4H3. The van der Waals surface area contributed by atoms with Crippen LogP contribution in [0.15, 0.2) is 18.2 Å². The minimum Gasteiger partial charge on any atom is -0.331 e. The number of benzene rings is 1. The van der Waals surface area contributed by atoms with Crippen LogP contribution < -0.4 is 0 Å². The second-order valence-electron chi connectivity index (χ2n) is 4.94. The van der Waals surface area contributed by atoms with Gasteiger partial charge in [0.1, 0.15) is 5.82 Å². The number of hydrogen-bond donors (Lipinski definition) is 0.